The highest BCUT2D eigenvalue weighted by Gasteiger charge is 2.33. The Balaban J connectivity index is 1.38. The van der Waals surface area contributed by atoms with E-state index in [-0.39, 0.29) is 36.0 Å². The maximum absolute atomic E-state index is 13.4. The molecule has 4 rings (SSSR count). The number of piperidine rings is 1. The van der Waals surface area contributed by atoms with Crippen molar-refractivity contribution < 1.29 is 22.8 Å². The Morgan fingerprint density at radius 1 is 1.27 bits per heavy atom. The van der Waals surface area contributed by atoms with Crippen LogP contribution in [0.3, 0.4) is 0 Å². The number of benzene rings is 1. The van der Waals surface area contributed by atoms with Crippen LogP contribution in [0.25, 0.3) is 0 Å². The molecule has 1 aromatic heterocycles. The van der Waals surface area contributed by atoms with Gasteiger partial charge in [-0.2, -0.15) is 0 Å². The van der Waals surface area contributed by atoms with Crippen molar-refractivity contribution in [2.24, 2.45) is 11.1 Å². The molecule has 176 valence electrons. The summed E-state index contributed by atoms with van der Waals surface area (Å²) in [4.78, 5) is 27.0. The largest absolute Gasteiger partial charge is 0.760 e. The molecule has 0 bridgehead atoms. The lowest BCUT2D eigenvalue weighted by atomic mass is 9.89. The zero-order chi connectivity index (χ0) is 23.5. The van der Waals surface area contributed by atoms with Gasteiger partial charge in [-0.25, -0.2) is 18.7 Å². The van der Waals surface area contributed by atoms with Crippen LogP contribution in [0.5, 0.6) is 0 Å². The van der Waals surface area contributed by atoms with Gasteiger partial charge in [-0.05, 0) is 49.9 Å². The Hall–Kier alpha value is -2.76. The Morgan fingerprint density at radius 2 is 2.03 bits per heavy atom. The van der Waals surface area contributed by atoms with Crippen molar-refractivity contribution in [2.75, 3.05) is 13.1 Å². The van der Waals surface area contributed by atoms with Gasteiger partial charge in [0, 0.05) is 43.2 Å². The molecule has 0 aliphatic carbocycles. The molecule has 1 aromatic carbocycles. The predicted octanol–water partition coefficient (Wildman–Crippen LogP) is 2.16. The highest BCUT2D eigenvalue weighted by atomic mass is 32.2. The number of nitrogens with zero attached hydrogens (tertiary/aromatic N) is 4. The van der Waals surface area contributed by atoms with E-state index in [0.29, 0.717) is 55.1 Å². The van der Waals surface area contributed by atoms with Gasteiger partial charge >= 0.3 is 0 Å². The Bertz CT molecular complexity index is 1100. The zero-order valence-electron chi connectivity index (χ0n) is 18.4. The number of amides is 1. The summed E-state index contributed by atoms with van der Waals surface area (Å²) in [5.74, 6) is -0.00806. The van der Waals surface area contributed by atoms with E-state index in [2.05, 4.69) is 20.4 Å². The summed E-state index contributed by atoms with van der Waals surface area (Å²) in [6, 6.07) is 6.29. The van der Waals surface area contributed by atoms with Gasteiger partial charge in [-0.3, -0.25) is 9.00 Å². The van der Waals surface area contributed by atoms with Gasteiger partial charge in [-0.1, -0.05) is 17.3 Å². The third-order valence-electron chi connectivity index (χ3n) is 5.97. The number of hydrogen-bond donors (Lipinski definition) is 1. The van der Waals surface area contributed by atoms with Gasteiger partial charge in [0.05, 0.1) is 5.69 Å². The molecule has 1 fully saturated rings. The lowest BCUT2D eigenvalue weighted by Crippen LogP contribution is -2.38. The van der Waals surface area contributed by atoms with Crippen molar-refractivity contribution in [1.29, 1.82) is 0 Å². The normalized spacial score (nSPS) is 20.2. The molecule has 0 spiro atoms. The van der Waals surface area contributed by atoms with Crippen molar-refractivity contribution in [3.05, 3.63) is 58.4 Å². The van der Waals surface area contributed by atoms with E-state index in [9.17, 15) is 17.9 Å². The number of oxime groups is 1. The highest BCUT2D eigenvalue weighted by Crippen LogP contribution is 2.29. The number of rotatable bonds is 6. The summed E-state index contributed by atoms with van der Waals surface area (Å²) < 4.78 is 37.1. The molecule has 2 aliphatic rings. The van der Waals surface area contributed by atoms with E-state index >= 15 is 0 Å². The molecule has 2 aromatic rings. The third kappa shape index (κ3) is 5.60. The second kappa shape index (κ2) is 10.0. The van der Waals surface area contributed by atoms with Crippen LogP contribution in [0.2, 0.25) is 0 Å². The minimum absolute atomic E-state index is 0.142. The number of nitrogens with one attached hydrogen (secondary N) is 1. The van der Waals surface area contributed by atoms with Crippen LogP contribution in [0, 0.1) is 25.6 Å². The maximum Gasteiger partial charge on any atom is 0.270 e. The number of carbonyl (C=O) groups is 1. The summed E-state index contributed by atoms with van der Waals surface area (Å²) in [5, 5.41) is 7.00. The first-order chi connectivity index (χ1) is 15.8. The summed E-state index contributed by atoms with van der Waals surface area (Å²) >= 11 is -2.19. The van der Waals surface area contributed by atoms with Gasteiger partial charge in [0.1, 0.15) is 29.2 Å². The van der Waals surface area contributed by atoms with E-state index < -0.39 is 11.3 Å². The van der Waals surface area contributed by atoms with Gasteiger partial charge < -0.3 is 14.7 Å². The average molecular weight is 475 g/mol. The molecule has 9 nitrogen and oxygen atoms in total. The van der Waals surface area contributed by atoms with Crippen LogP contribution in [-0.4, -0.2) is 53.8 Å². The molecule has 2 aliphatic heterocycles. The number of aromatic nitrogens is 2. The number of halogens is 1. The number of aryl methyl sites for hydroxylation is 2. The molecule has 1 saturated heterocycles. The summed E-state index contributed by atoms with van der Waals surface area (Å²) in [6.07, 6.45) is 1.82. The van der Waals surface area contributed by atoms with Crippen LogP contribution < -0.4 is 5.32 Å². The lowest BCUT2D eigenvalue weighted by Gasteiger charge is -2.34. The van der Waals surface area contributed by atoms with Crippen LogP contribution >= 0.6 is 0 Å². The Labute approximate surface area is 193 Å². The van der Waals surface area contributed by atoms with E-state index in [1.807, 2.05) is 0 Å². The van der Waals surface area contributed by atoms with E-state index in [1.165, 1.54) is 10.4 Å². The Morgan fingerprint density at radius 3 is 2.73 bits per heavy atom. The quantitative estimate of drug-likeness (QED) is 0.641. The SMILES string of the molecule is Cc1nc(C(=O)NCc2ccc(F)c(C)c2)cc(C2=NOC(C3CCN(S(=O)[O-])CC3)C2)n1. The standard InChI is InChI=1S/C22H26FN5O4S/c1-13-9-15(3-4-17(13)23)12-24-22(29)20-10-18(25-14(2)26-20)19-11-21(32-27-19)16-5-7-28(8-6-16)33(30)31/h3-4,9-10,16,21H,5-8,11-12H2,1-2H3,(H,24,29)(H,30,31)/p-1. The average Bonchev–Trinajstić information content (AvgIpc) is 3.30. The van der Waals surface area contributed by atoms with Gasteiger partial charge in [-0.15, -0.1) is 0 Å². The minimum atomic E-state index is -2.19. The first kappa shape index (κ1) is 23.4. The molecule has 2 unspecified atom stereocenters. The van der Waals surface area contributed by atoms with Crippen molar-refractivity contribution in [1.82, 2.24) is 19.6 Å². The number of carbonyl (C=O) groups excluding carboxylic acids is 1. The van der Waals surface area contributed by atoms with Crippen molar-refractivity contribution in [2.45, 2.75) is 45.8 Å². The van der Waals surface area contributed by atoms with Crippen LogP contribution in [0.15, 0.2) is 29.4 Å². The molecule has 33 heavy (non-hydrogen) atoms. The molecule has 0 saturated carbocycles. The molecular formula is C22H25FN5O4S-. The number of hydrogen-bond acceptors (Lipinski definition) is 7. The van der Waals surface area contributed by atoms with Gasteiger partial charge in [0.15, 0.2) is 0 Å². The fraction of sp³-hybridized carbons (Fsp3) is 0.455. The summed E-state index contributed by atoms with van der Waals surface area (Å²) in [7, 11) is 0. The molecule has 11 heteroatoms. The van der Waals surface area contributed by atoms with E-state index in [4.69, 9.17) is 4.84 Å². The first-order valence-electron chi connectivity index (χ1n) is 10.8. The molecule has 0 radical (unpaired) electrons. The van der Waals surface area contributed by atoms with Crippen molar-refractivity contribution >= 4 is 22.9 Å². The second-order valence-electron chi connectivity index (χ2n) is 8.32. The molecule has 2 atom stereocenters. The smallest absolute Gasteiger partial charge is 0.270 e. The monoisotopic (exact) mass is 474 g/mol. The highest BCUT2D eigenvalue weighted by molar-refractivity contribution is 7.76. The lowest BCUT2D eigenvalue weighted by molar-refractivity contribution is 0.0223. The maximum atomic E-state index is 13.4. The van der Waals surface area contributed by atoms with Gasteiger partial charge in [0.25, 0.3) is 5.91 Å². The molecule has 3 heterocycles. The van der Waals surface area contributed by atoms with E-state index in [1.54, 1.807) is 32.0 Å². The fourth-order valence-corrected chi connectivity index (χ4v) is 4.63. The topological polar surface area (TPSA) is 120 Å². The minimum Gasteiger partial charge on any atom is -0.760 e. The Kier molecular flexibility index (Phi) is 7.11. The second-order valence-corrected chi connectivity index (χ2v) is 9.27. The predicted molar refractivity (Wildman–Crippen MR) is 118 cm³/mol. The van der Waals surface area contributed by atoms with Crippen LogP contribution in [0.1, 0.15) is 52.4 Å². The van der Waals surface area contributed by atoms with Gasteiger partial charge in [0.2, 0.25) is 0 Å². The van der Waals surface area contributed by atoms with Crippen molar-refractivity contribution in [3.63, 3.8) is 0 Å². The first-order valence-corrected chi connectivity index (χ1v) is 11.8. The molecule has 1 amide bonds. The zero-order valence-corrected chi connectivity index (χ0v) is 19.2. The van der Waals surface area contributed by atoms with Crippen LogP contribution in [-0.2, 0) is 22.6 Å². The summed E-state index contributed by atoms with van der Waals surface area (Å²) in [5.41, 5.74) is 2.70. The molecular weight excluding hydrogens is 449 g/mol. The van der Waals surface area contributed by atoms with Crippen molar-refractivity contribution in [3.8, 4) is 0 Å². The van der Waals surface area contributed by atoms with Crippen LogP contribution in [0.4, 0.5) is 4.39 Å². The summed E-state index contributed by atoms with van der Waals surface area (Å²) in [6.45, 7) is 4.57. The third-order valence-corrected chi connectivity index (χ3v) is 6.76. The fourth-order valence-electron chi connectivity index (χ4n) is 4.12. The van der Waals surface area contributed by atoms with E-state index in [0.717, 1.165) is 5.56 Å². The molecule has 1 N–H and O–H groups in total.